The molecule has 0 saturated heterocycles. The molecule has 162 valence electrons. The highest BCUT2D eigenvalue weighted by atomic mass is 32.2. The Labute approximate surface area is 176 Å². The van der Waals surface area contributed by atoms with E-state index in [1.807, 2.05) is 44.2 Å². The fourth-order valence-electron chi connectivity index (χ4n) is 3.34. The lowest BCUT2D eigenvalue weighted by Crippen LogP contribution is -2.46. The Morgan fingerprint density at radius 1 is 1.13 bits per heavy atom. The molecular weight excluding hydrogens is 402 g/mol. The number of aliphatic hydroxyl groups excluding tert-OH is 1. The summed E-state index contributed by atoms with van der Waals surface area (Å²) in [4.78, 5) is 7.14. The maximum absolute atomic E-state index is 13.2. The van der Waals surface area contributed by atoms with Gasteiger partial charge in [0.2, 0.25) is 0 Å². The van der Waals surface area contributed by atoms with Gasteiger partial charge in [0.15, 0.2) is 15.8 Å². The summed E-state index contributed by atoms with van der Waals surface area (Å²) in [5.41, 5.74) is 7.96. The number of hydrogen-bond donors (Lipinski definition) is 5. The Kier molecular flexibility index (Phi) is 7.09. The zero-order valence-corrected chi connectivity index (χ0v) is 18.0. The van der Waals surface area contributed by atoms with E-state index in [-0.39, 0.29) is 23.3 Å². The van der Waals surface area contributed by atoms with E-state index in [0.717, 1.165) is 5.56 Å². The summed E-state index contributed by atoms with van der Waals surface area (Å²) in [5, 5.41) is 15.7. The van der Waals surface area contributed by atoms with Crippen molar-refractivity contribution in [3.8, 4) is 0 Å². The quantitative estimate of drug-likeness (QED) is 0.329. The van der Waals surface area contributed by atoms with Gasteiger partial charge in [0, 0.05) is 19.6 Å². The molecule has 0 spiro atoms. The number of nitrogen functional groups attached to an aromatic ring is 1. The molecule has 6 N–H and O–H groups in total. The number of hydrogen-bond acceptors (Lipinski definition) is 7. The predicted octanol–water partition coefficient (Wildman–Crippen LogP) is 1.64. The lowest BCUT2D eigenvalue weighted by Gasteiger charge is -2.24. The van der Waals surface area contributed by atoms with Crippen LogP contribution in [-0.2, 0) is 16.4 Å². The van der Waals surface area contributed by atoms with E-state index in [0.29, 0.717) is 24.1 Å². The number of benzene rings is 2. The normalized spacial score (nSPS) is 14.3. The highest BCUT2D eigenvalue weighted by Gasteiger charge is 2.30. The van der Waals surface area contributed by atoms with Gasteiger partial charge in [-0.2, -0.15) is 0 Å². The summed E-state index contributed by atoms with van der Waals surface area (Å²) in [7, 11) is -3.67. The van der Waals surface area contributed by atoms with Crippen LogP contribution in [0.4, 0.5) is 5.95 Å². The van der Waals surface area contributed by atoms with Crippen LogP contribution < -0.4 is 16.4 Å². The lowest BCUT2D eigenvalue weighted by atomic mass is 10.2. The van der Waals surface area contributed by atoms with Crippen molar-refractivity contribution >= 4 is 26.8 Å². The molecule has 0 bridgehead atoms. The number of sulfone groups is 1. The number of imidazole rings is 1. The molecule has 3 aromatic rings. The first-order valence-electron chi connectivity index (χ1n) is 9.92. The molecule has 0 saturated carbocycles. The van der Waals surface area contributed by atoms with Crippen molar-refractivity contribution in [2.75, 3.05) is 18.8 Å². The molecule has 0 unspecified atom stereocenters. The van der Waals surface area contributed by atoms with Crippen LogP contribution in [0.5, 0.6) is 0 Å². The van der Waals surface area contributed by atoms with Gasteiger partial charge in [0.05, 0.1) is 22.0 Å². The number of anilines is 1. The van der Waals surface area contributed by atoms with Crippen LogP contribution in [0.15, 0.2) is 53.4 Å². The number of H-pyrrole nitrogens is 1. The fourth-order valence-corrected chi connectivity index (χ4v) is 5.20. The lowest BCUT2D eigenvalue weighted by molar-refractivity contribution is 0.165. The van der Waals surface area contributed by atoms with Gasteiger partial charge in [-0.15, -0.1) is 0 Å². The number of nitrogens with one attached hydrogen (secondary N) is 3. The van der Waals surface area contributed by atoms with Gasteiger partial charge >= 0.3 is 0 Å². The Morgan fingerprint density at radius 3 is 2.57 bits per heavy atom. The number of rotatable bonds is 10. The molecule has 0 radical (unpaired) electrons. The van der Waals surface area contributed by atoms with E-state index in [4.69, 9.17) is 5.73 Å². The molecule has 1 heterocycles. The summed E-state index contributed by atoms with van der Waals surface area (Å²) in [5.74, 6) is 0.0474. The Bertz CT molecular complexity index is 1070. The number of aromatic nitrogens is 2. The number of nitrogens with two attached hydrogens (primary N) is 1. The maximum atomic E-state index is 13.2. The van der Waals surface area contributed by atoms with Crippen molar-refractivity contribution in [1.29, 1.82) is 0 Å². The van der Waals surface area contributed by atoms with E-state index in [9.17, 15) is 13.5 Å². The molecule has 0 aliphatic rings. The molecular formula is C21H29N5O3S. The second-order valence-electron chi connectivity index (χ2n) is 7.69. The van der Waals surface area contributed by atoms with Gasteiger partial charge in [-0.1, -0.05) is 44.2 Å². The fraction of sp³-hybridized carbons (Fsp3) is 0.381. The Balaban J connectivity index is 1.62. The van der Waals surface area contributed by atoms with Crippen LogP contribution in [0.3, 0.4) is 0 Å². The first kappa shape index (κ1) is 22.2. The monoisotopic (exact) mass is 431 g/mol. The number of aromatic amines is 1. The van der Waals surface area contributed by atoms with Gasteiger partial charge in [0.25, 0.3) is 0 Å². The smallest absolute Gasteiger partial charge is 0.198 e. The number of aliphatic hydroxyl groups is 1. The van der Waals surface area contributed by atoms with Crippen LogP contribution in [0.2, 0.25) is 0 Å². The summed E-state index contributed by atoms with van der Waals surface area (Å²) in [6.07, 6.45) is -0.722. The van der Waals surface area contributed by atoms with Gasteiger partial charge < -0.3 is 21.1 Å². The van der Waals surface area contributed by atoms with Crippen LogP contribution in [0.1, 0.15) is 19.4 Å². The van der Waals surface area contributed by atoms with Gasteiger partial charge in [-0.05, 0) is 29.7 Å². The van der Waals surface area contributed by atoms with Crippen molar-refractivity contribution in [2.45, 2.75) is 36.8 Å². The molecule has 1 aromatic heterocycles. The van der Waals surface area contributed by atoms with Crippen LogP contribution >= 0.6 is 0 Å². The van der Waals surface area contributed by atoms with Gasteiger partial charge in [0.1, 0.15) is 5.37 Å². The third-order valence-corrected chi connectivity index (χ3v) is 7.14. The molecule has 2 aromatic carbocycles. The molecule has 0 aliphatic heterocycles. The zero-order valence-electron chi connectivity index (χ0n) is 17.2. The minimum absolute atomic E-state index is 0.156. The number of fused-ring (bicyclic) bond motifs is 1. The summed E-state index contributed by atoms with van der Waals surface area (Å²) >= 11 is 0. The summed E-state index contributed by atoms with van der Waals surface area (Å²) in [6.45, 7) is 4.82. The van der Waals surface area contributed by atoms with Crippen LogP contribution in [0.25, 0.3) is 11.0 Å². The van der Waals surface area contributed by atoms with Crippen LogP contribution in [-0.4, -0.2) is 48.1 Å². The average Bonchev–Trinajstić information content (AvgIpc) is 3.07. The van der Waals surface area contributed by atoms with Crippen molar-refractivity contribution < 1.29 is 13.5 Å². The Morgan fingerprint density at radius 2 is 1.87 bits per heavy atom. The van der Waals surface area contributed by atoms with E-state index in [2.05, 4.69) is 20.6 Å². The average molecular weight is 432 g/mol. The summed E-state index contributed by atoms with van der Waals surface area (Å²) < 4.78 is 26.4. The van der Waals surface area contributed by atoms with E-state index in [1.165, 1.54) is 6.07 Å². The number of nitrogens with zero attached hydrogens (tertiary/aromatic N) is 1. The molecule has 3 rings (SSSR count). The largest absolute Gasteiger partial charge is 0.390 e. The van der Waals surface area contributed by atoms with Gasteiger partial charge in [-0.25, -0.2) is 13.4 Å². The highest BCUT2D eigenvalue weighted by molar-refractivity contribution is 7.92. The third kappa shape index (κ3) is 5.37. The third-order valence-electron chi connectivity index (χ3n) is 4.85. The van der Waals surface area contributed by atoms with E-state index in [1.54, 1.807) is 12.1 Å². The molecule has 8 nitrogen and oxygen atoms in total. The zero-order chi connectivity index (χ0) is 21.7. The first-order valence-corrected chi connectivity index (χ1v) is 11.5. The molecule has 9 heteroatoms. The van der Waals surface area contributed by atoms with E-state index < -0.39 is 21.3 Å². The molecule has 30 heavy (non-hydrogen) atoms. The van der Waals surface area contributed by atoms with Crippen molar-refractivity contribution in [3.05, 3.63) is 54.1 Å². The van der Waals surface area contributed by atoms with E-state index >= 15 is 0 Å². The van der Waals surface area contributed by atoms with Crippen molar-refractivity contribution in [3.63, 3.8) is 0 Å². The predicted molar refractivity (Wildman–Crippen MR) is 118 cm³/mol. The molecule has 0 fully saturated rings. The minimum atomic E-state index is -3.67. The topological polar surface area (TPSA) is 133 Å². The minimum Gasteiger partial charge on any atom is -0.390 e. The van der Waals surface area contributed by atoms with Crippen LogP contribution in [0, 0.1) is 5.92 Å². The van der Waals surface area contributed by atoms with Crippen molar-refractivity contribution in [2.24, 2.45) is 5.92 Å². The second kappa shape index (κ2) is 9.57. The molecule has 0 amide bonds. The first-order chi connectivity index (χ1) is 14.3. The molecule has 2 atom stereocenters. The van der Waals surface area contributed by atoms with Crippen molar-refractivity contribution in [1.82, 2.24) is 20.6 Å². The van der Waals surface area contributed by atoms with Gasteiger partial charge in [-0.3, -0.25) is 5.32 Å². The SMILES string of the molecule is CC(C)[C@@H](NC[C@H](O)CNCc1ccccc1)S(=O)(=O)c1ccc2nc(N)[nH]c2c1. The second-order valence-corrected chi connectivity index (χ2v) is 9.76. The Hall–Kier alpha value is -2.46. The summed E-state index contributed by atoms with van der Waals surface area (Å²) in [6, 6.07) is 14.6. The highest BCUT2D eigenvalue weighted by Crippen LogP contribution is 2.23. The molecule has 0 aliphatic carbocycles. The standard InChI is InChI=1S/C21H29N5O3S/c1-14(2)20(24-13-16(27)12-23-11-15-6-4-3-5-7-15)30(28,29)17-8-9-18-19(10-17)26-21(22)25-18/h3-10,14,16,20,23-24,27H,11-13H2,1-2H3,(H3,22,25,26)/t16-,20+/m1/s1. The maximum Gasteiger partial charge on any atom is 0.198 e.